The summed E-state index contributed by atoms with van der Waals surface area (Å²) in [6.45, 7) is 4.32. The van der Waals surface area contributed by atoms with Gasteiger partial charge < -0.3 is 15.0 Å². The zero-order chi connectivity index (χ0) is 24.5. The Hall–Kier alpha value is -3.02. The van der Waals surface area contributed by atoms with Gasteiger partial charge in [0, 0.05) is 24.5 Å². The lowest BCUT2D eigenvalue weighted by molar-refractivity contribution is -0.142. The molecule has 0 fully saturated rings. The second kappa shape index (κ2) is 12.4. The van der Waals surface area contributed by atoms with Crippen molar-refractivity contribution in [2.24, 2.45) is 0 Å². The molecule has 34 heavy (non-hydrogen) atoms. The number of nitrogens with one attached hydrogen (secondary N) is 1. The average molecular weight is 499 g/mol. The lowest BCUT2D eigenvalue weighted by Gasteiger charge is -2.32. The second-order valence-corrected chi connectivity index (χ2v) is 8.76. The van der Waals surface area contributed by atoms with Crippen molar-refractivity contribution in [1.82, 2.24) is 10.2 Å². The number of aryl methyl sites for hydroxylation is 1. The number of carbonyl (C=O) groups excluding carboxylic acids is 2. The smallest absolute Gasteiger partial charge is 0.261 e. The van der Waals surface area contributed by atoms with Crippen LogP contribution in [-0.2, 0) is 22.6 Å². The third-order valence-electron chi connectivity index (χ3n) is 5.47. The highest BCUT2D eigenvalue weighted by molar-refractivity contribution is 6.35. The molecule has 0 bridgehead atoms. The van der Waals surface area contributed by atoms with E-state index in [2.05, 4.69) is 5.32 Å². The minimum absolute atomic E-state index is 0.210. The molecule has 3 rings (SSSR count). The van der Waals surface area contributed by atoms with Crippen molar-refractivity contribution in [3.05, 3.63) is 99.5 Å². The molecule has 0 aliphatic heterocycles. The van der Waals surface area contributed by atoms with Crippen LogP contribution in [0, 0.1) is 6.92 Å². The fourth-order valence-corrected chi connectivity index (χ4v) is 4.09. The molecule has 5 nitrogen and oxygen atoms in total. The molecule has 0 saturated heterocycles. The van der Waals surface area contributed by atoms with Crippen LogP contribution in [-0.4, -0.2) is 35.9 Å². The van der Waals surface area contributed by atoms with Crippen LogP contribution in [0.15, 0.2) is 72.8 Å². The summed E-state index contributed by atoms with van der Waals surface area (Å²) in [7, 11) is 0. The molecule has 0 unspecified atom stereocenters. The number of ether oxygens (including phenoxy) is 1. The van der Waals surface area contributed by atoms with Gasteiger partial charge in [-0.05, 0) is 48.7 Å². The van der Waals surface area contributed by atoms with Crippen molar-refractivity contribution >= 4 is 35.0 Å². The van der Waals surface area contributed by atoms with Crippen molar-refractivity contribution < 1.29 is 14.3 Å². The summed E-state index contributed by atoms with van der Waals surface area (Å²) in [6, 6.07) is 21.6. The Kier molecular flexibility index (Phi) is 9.37. The fourth-order valence-electron chi connectivity index (χ4n) is 3.63. The van der Waals surface area contributed by atoms with Crippen molar-refractivity contribution in [2.45, 2.75) is 32.9 Å². The van der Waals surface area contributed by atoms with E-state index < -0.39 is 6.04 Å². The molecule has 2 amide bonds. The van der Waals surface area contributed by atoms with E-state index in [1.807, 2.05) is 68.4 Å². The van der Waals surface area contributed by atoms with Gasteiger partial charge in [0.05, 0.1) is 5.02 Å². The third kappa shape index (κ3) is 6.99. The van der Waals surface area contributed by atoms with Crippen LogP contribution in [0.4, 0.5) is 0 Å². The lowest BCUT2D eigenvalue weighted by Crippen LogP contribution is -2.51. The summed E-state index contributed by atoms with van der Waals surface area (Å²) in [5.74, 6) is -0.174. The first-order valence-electron chi connectivity index (χ1n) is 11.1. The predicted octanol–water partition coefficient (Wildman–Crippen LogP) is 5.46. The van der Waals surface area contributed by atoms with Crippen molar-refractivity contribution in [3.63, 3.8) is 0 Å². The molecule has 0 radical (unpaired) electrons. The summed E-state index contributed by atoms with van der Waals surface area (Å²) < 4.78 is 5.73. The van der Waals surface area contributed by atoms with E-state index in [1.165, 1.54) is 0 Å². The Labute approximate surface area is 210 Å². The van der Waals surface area contributed by atoms with Crippen LogP contribution < -0.4 is 10.1 Å². The molecule has 0 aliphatic rings. The van der Waals surface area contributed by atoms with Crippen LogP contribution in [0.2, 0.25) is 10.0 Å². The normalized spacial score (nSPS) is 11.5. The Morgan fingerprint density at radius 1 is 1.00 bits per heavy atom. The Bertz CT molecular complexity index is 1120. The molecule has 0 heterocycles. The molecule has 1 atom stereocenters. The fraction of sp³-hybridized carbons (Fsp3) is 0.259. The maximum atomic E-state index is 13.5. The maximum Gasteiger partial charge on any atom is 0.261 e. The first kappa shape index (κ1) is 25.6. The van der Waals surface area contributed by atoms with Gasteiger partial charge in [0.15, 0.2) is 6.61 Å². The monoisotopic (exact) mass is 498 g/mol. The van der Waals surface area contributed by atoms with Crippen molar-refractivity contribution in [2.75, 3.05) is 13.2 Å². The highest BCUT2D eigenvalue weighted by Crippen LogP contribution is 2.27. The number of rotatable bonds is 10. The number of hydrogen-bond donors (Lipinski definition) is 1. The Morgan fingerprint density at radius 3 is 2.38 bits per heavy atom. The predicted molar refractivity (Wildman–Crippen MR) is 136 cm³/mol. The van der Waals surface area contributed by atoms with Gasteiger partial charge >= 0.3 is 0 Å². The Morgan fingerprint density at radius 2 is 1.71 bits per heavy atom. The number of amides is 2. The number of halogens is 2. The van der Waals surface area contributed by atoms with Gasteiger partial charge in [-0.2, -0.15) is 0 Å². The zero-order valence-electron chi connectivity index (χ0n) is 19.3. The first-order valence-corrected chi connectivity index (χ1v) is 11.9. The quantitative estimate of drug-likeness (QED) is 0.403. The van der Waals surface area contributed by atoms with Gasteiger partial charge in [0.2, 0.25) is 5.91 Å². The molecular formula is C27H28Cl2N2O3. The molecule has 3 aromatic rings. The van der Waals surface area contributed by atoms with E-state index in [0.717, 1.165) is 16.7 Å². The van der Waals surface area contributed by atoms with Gasteiger partial charge in [-0.1, -0.05) is 77.8 Å². The molecule has 3 aromatic carbocycles. The number of hydrogen-bond acceptors (Lipinski definition) is 3. The van der Waals surface area contributed by atoms with E-state index in [-0.39, 0.29) is 25.0 Å². The summed E-state index contributed by atoms with van der Waals surface area (Å²) in [5, 5.41) is 3.67. The van der Waals surface area contributed by atoms with Crippen LogP contribution in [0.5, 0.6) is 5.75 Å². The molecule has 7 heteroatoms. The molecule has 178 valence electrons. The van der Waals surface area contributed by atoms with Gasteiger partial charge in [0.25, 0.3) is 5.91 Å². The first-order chi connectivity index (χ1) is 16.4. The van der Waals surface area contributed by atoms with Crippen molar-refractivity contribution in [3.8, 4) is 5.75 Å². The van der Waals surface area contributed by atoms with Crippen LogP contribution in [0.25, 0.3) is 0 Å². The van der Waals surface area contributed by atoms with Crippen LogP contribution >= 0.6 is 23.2 Å². The minimum Gasteiger partial charge on any atom is -0.482 e. The van der Waals surface area contributed by atoms with Gasteiger partial charge in [-0.25, -0.2) is 0 Å². The average Bonchev–Trinajstić information content (AvgIpc) is 2.82. The van der Waals surface area contributed by atoms with Crippen LogP contribution in [0.3, 0.4) is 0 Å². The van der Waals surface area contributed by atoms with Crippen molar-refractivity contribution in [1.29, 1.82) is 0 Å². The van der Waals surface area contributed by atoms with Gasteiger partial charge in [0.1, 0.15) is 11.8 Å². The highest BCUT2D eigenvalue weighted by atomic mass is 35.5. The minimum atomic E-state index is -0.709. The molecule has 1 N–H and O–H groups in total. The Balaban J connectivity index is 1.91. The van der Waals surface area contributed by atoms with E-state index in [0.29, 0.717) is 28.8 Å². The summed E-state index contributed by atoms with van der Waals surface area (Å²) >= 11 is 12.2. The molecule has 0 spiro atoms. The number of nitrogens with zero attached hydrogens (tertiary/aromatic N) is 1. The number of benzene rings is 3. The summed E-state index contributed by atoms with van der Waals surface area (Å²) in [4.78, 5) is 28.2. The highest BCUT2D eigenvalue weighted by Gasteiger charge is 2.30. The van der Waals surface area contributed by atoms with Gasteiger partial charge in [-0.3, -0.25) is 9.59 Å². The number of likely N-dealkylation sites (N-methyl/N-ethyl adjacent to an activating group) is 1. The largest absolute Gasteiger partial charge is 0.482 e. The van der Waals surface area contributed by atoms with Gasteiger partial charge in [-0.15, -0.1) is 0 Å². The van der Waals surface area contributed by atoms with E-state index in [1.54, 1.807) is 23.1 Å². The number of carbonyl (C=O) groups is 2. The van der Waals surface area contributed by atoms with E-state index in [4.69, 9.17) is 27.9 Å². The molecule has 0 saturated carbocycles. The standard InChI is InChI=1S/C27H28Cl2N2O3/c1-3-30-27(33)24(15-20-10-5-4-6-11-20)31(17-21-12-8-7-9-19(21)2)26(32)18-34-25-14-13-22(28)16-23(25)29/h4-14,16,24H,3,15,17-18H2,1-2H3,(H,30,33)/t24-/m0/s1. The summed E-state index contributed by atoms with van der Waals surface area (Å²) in [6.07, 6.45) is 0.381. The van der Waals surface area contributed by atoms with E-state index >= 15 is 0 Å². The lowest BCUT2D eigenvalue weighted by atomic mass is 10.0. The van der Waals surface area contributed by atoms with Crippen LogP contribution in [0.1, 0.15) is 23.6 Å². The topological polar surface area (TPSA) is 58.6 Å². The maximum absolute atomic E-state index is 13.5. The third-order valence-corrected chi connectivity index (χ3v) is 6.00. The SMILES string of the molecule is CCNC(=O)[C@H](Cc1ccccc1)N(Cc1ccccc1C)C(=O)COc1ccc(Cl)cc1Cl. The van der Waals surface area contributed by atoms with E-state index in [9.17, 15) is 9.59 Å². The summed E-state index contributed by atoms with van der Waals surface area (Å²) in [5.41, 5.74) is 2.96. The molecule has 0 aliphatic carbocycles. The second-order valence-electron chi connectivity index (χ2n) is 7.91. The zero-order valence-corrected chi connectivity index (χ0v) is 20.8. The molecule has 0 aromatic heterocycles. The molecular weight excluding hydrogens is 471 g/mol.